The van der Waals surface area contributed by atoms with Gasteiger partial charge >= 0.3 is 6.18 Å². The molecule has 2 aromatic rings. The SMILES string of the molecule is CC1Oc2ccc(NC(=O)C=C3CC(C)(C)Oc4cc(C(F)(F)F)ccc43)cc2NC1=O. The molecular weight excluding hydrogens is 425 g/mol. The average molecular weight is 446 g/mol. The van der Waals surface area contributed by atoms with E-state index in [4.69, 9.17) is 9.47 Å². The average Bonchev–Trinajstić information content (AvgIpc) is 2.67. The van der Waals surface area contributed by atoms with Crippen molar-refractivity contribution in [2.45, 2.75) is 45.1 Å². The Balaban J connectivity index is 1.60. The maximum absolute atomic E-state index is 13.1. The number of carbonyl (C=O) groups is 2. The van der Waals surface area contributed by atoms with Crippen LogP contribution in [0.25, 0.3) is 5.57 Å². The number of rotatable bonds is 2. The van der Waals surface area contributed by atoms with Gasteiger partial charge in [0.15, 0.2) is 6.10 Å². The second-order valence-electron chi connectivity index (χ2n) is 8.37. The van der Waals surface area contributed by atoms with Gasteiger partial charge in [-0.3, -0.25) is 9.59 Å². The summed E-state index contributed by atoms with van der Waals surface area (Å²) in [7, 11) is 0. The van der Waals surface area contributed by atoms with Gasteiger partial charge in [0.1, 0.15) is 17.1 Å². The van der Waals surface area contributed by atoms with E-state index in [1.165, 1.54) is 12.1 Å². The van der Waals surface area contributed by atoms with Crippen LogP contribution in [0.2, 0.25) is 0 Å². The maximum atomic E-state index is 13.1. The van der Waals surface area contributed by atoms with Crippen LogP contribution >= 0.6 is 0 Å². The largest absolute Gasteiger partial charge is 0.487 e. The van der Waals surface area contributed by atoms with Crippen LogP contribution in [0, 0.1) is 0 Å². The number of hydrogen-bond acceptors (Lipinski definition) is 4. The standard InChI is InChI=1S/C23H21F3N2O4/c1-12-21(30)28-17-10-15(5-7-18(17)31-12)27-20(29)8-13-11-22(2,3)32-19-9-14(23(24,25)26)4-6-16(13)19/h4-10,12H,11H2,1-3H3,(H,27,29)(H,28,30). The molecule has 2 aliphatic heterocycles. The molecule has 9 heteroatoms. The van der Waals surface area contributed by atoms with Crippen LogP contribution in [0.4, 0.5) is 24.5 Å². The zero-order valence-electron chi connectivity index (χ0n) is 17.6. The van der Waals surface area contributed by atoms with Crippen LogP contribution in [0.3, 0.4) is 0 Å². The molecule has 2 N–H and O–H groups in total. The molecule has 2 aromatic carbocycles. The summed E-state index contributed by atoms with van der Waals surface area (Å²) in [5.41, 5.74) is 0.274. The Morgan fingerprint density at radius 3 is 2.66 bits per heavy atom. The van der Waals surface area contributed by atoms with Gasteiger partial charge in [0, 0.05) is 23.7 Å². The van der Waals surface area contributed by atoms with E-state index in [1.807, 2.05) is 0 Å². The number of hydrogen-bond donors (Lipinski definition) is 2. The van der Waals surface area contributed by atoms with E-state index >= 15 is 0 Å². The first-order chi connectivity index (χ1) is 14.9. The summed E-state index contributed by atoms with van der Waals surface area (Å²) in [6, 6.07) is 8.09. The molecule has 2 amide bonds. The first kappa shape index (κ1) is 21.7. The van der Waals surface area contributed by atoms with Crippen molar-refractivity contribution in [3.05, 3.63) is 53.6 Å². The first-order valence-corrected chi connectivity index (χ1v) is 9.95. The number of alkyl halides is 3. The molecule has 0 spiro atoms. The number of nitrogens with one attached hydrogen (secondary N) is 2. The summed E-state index contributed by atoms with van der Waals surface area (Å²) in [6.07, 6.45) is -3.41. The highest BCUT2D eigenvalue weighted by Gasteiger charge is 2.35. The molecule has 2 aliphatic rings. The van der Waals surface area contributed by atoms with E-state index in [1.54, 1.807) is 39.0 Å². The number of halogens is 3. The summed E-state index contributed by atoms with van der Waals surface area (Å²) in [5, 5.41) is 5.42. The molecule has 0 aromatic heterocycles. The first-order valence-electron chi connectivity index (χ1n) is 9.95. The van der Waals surface area contributed by atoms with Gasteiger partial charge in [-0.15, -0.1) is 0 Å². The topological polar surface area (TPSA) is 76.7 Å². The second-order valence-corrected chi connectivity index (χ2v) is 8.37. The second kappa shape index (κ2) is 7.58. The Morgan fingerprint density at radius 1 is 1.19 bits per heavy atom. The molecule has 1 unspecified atom stereocenters. The van der Waals surface area contributed by atoms with Gasteiger partial charge in [0.05, 0.1) is 11.3 Å². The maximum Gasteiger partial charge on any atom is 0.416 e. The van der Waals surface area contributed by atoms with Gasteiger partial charge in [-0.1, -0.05) is 6.07 Å². The predicted octanol–water partition coefficient (Wildman–Crippen LogP) is 5.01. The third-order valence-electron chi connectivity index (χ3n) is 5.14. The Bertz CT molecular complexity index is 1140. The van der Waals surface area contributed by atoms with E-state index in [9.17, 15) is 22.8 Å². The Hall–Kier alpha value is -3.49. The summed E-state index contributed by atoms with van der Waals surface area (Å²) < 4.78 is 50.5. The van der Waals surface area contributed by atoms with Gasteiger partial charge in [0.25, 0.3) is 5.91 Å². The van der Waals surface area contributed by atoms with Gasteiger partial charge in [-0.2, -0.15) is 13.2 Å². The number of ether oxygens (including phenoxy) is 2. The van der Waals surface area contributed by atoms with E-state index in [0.717, 1.165) is 12.1 Å². The van der Waals surface area contributed by atoms with Crippen LogP contribution in [0.1, 0.15) is 38.3 Å². The van der Waals surface area contributed by atoms with Crippen molar-refractivity contribution < 1.29 is 32.2 Å². The van der Waals surface area contributed by atoms with E-state index < -0.39 is 29.4 Å². The fourth-order valence-electron chi connectivity index (χ4n) is 3.69. The molecule has 0 aliphatic carbocycles. The molecule has 0 saturated heterocycles. The minimum absolute atomic E-state index is 0.0814. The zero-order valence-corrected chi connectivity index (χ0v) is 17.6. The van der Waals surface area contributed by atoms with Crippen molar-refractivity contribution in [3.63, 3.8) is 0 Å². The van der Waals surface area contributed by atoms with Crippen molar-refractivity contribution in [2.24, 2.45) is 0 Å². The summed E-state index contributed by atoms with van der Waals surface area (Å²) in [5.74, 6) is -0.172. The van der Waals surface area contributed by atoms with Gasteiger partial charge in [-0.05, 0) is 56.7 Å². The monoisotopic (exact) mass is 446 g/mol. The zero-order chi connectivity index (χ0) is 23.3. The number of carbonyl (C=O) groups excluding carboxylic acids is 2. The molecule has 1 atom stereocenters. The lowest BCUT2D eigenvalue weighted by Crippen LogP contribution is -2.34. The lowest BCUT2D eigenvalue weighted by Gasteiger charge is -2.34. The molecule has 0 fully saturated rings. The van der Waals surface area contributed by atoms with Crippen LogP contribution in [-0.2, 0) is 15.8 Å². The van der Waals surface area contributed by atoms with E-state index in [2.05, 4.69) is 10.6 Å². The summed E-state index contributed by atoms with van der Waals surface area (Å²) in [4.78, 5) is 24.5. The highest BCUT2D eigenvalue weighted by atomic mass is 19.4. The molecular formula is C23H21F3N2O4. The van der Waals surface area contributed by atoms with Gasteiger partial charge < -0.3 is 20.1 Å². The van der Waals surface area contributed by atoms with Crippen molar-refractivity contribution in [1.82, 2.24) is 0 Å². The Kier molecular flexibility index (Phi) is 5.15. The fourth-order valence-corrected chi connectivity index (χ4v) is 3.69. The minimum Gasteiger partial charge on any atom is -0.487 e. The lowest BCUT2D eigenvalue weighted by atomic mass is 9.88. The quantitative estimate of drug-likeness (QED) is 0.636. The minimum atomic E-state index is -4.50. The normalized spacial score (nSPS) is 20.4. The van der Waals surface area contributed by atoms with Crippen molar-refractivity contribution in [1.29, 1.82) is 0 Å². The van der Waals surface area contributed by atoms with Crippen LogP contribution in [0.5, 0.6) is 11.5 Å². The van der Waals surface area contributed by atoms with Gasteiger partial charge in [-0.25, -0.2) is 0 Å². The predicted molar refractivity (Wildman–Crippen MR) is 113 cm³/mol. The number of fused-ring (bicyclic) bond motifs is 2. The number of anilines is 2. The molecule has 2 heterocycles. The number of amides is 2. The molecule has 4 rings (SSSR count). The molecule has 32 heavy (non-hydrogen) atoms. The molecule has 0 radical (unpaired) electrons. The van der Waals surface area contributed by atoms with Gasteiger partial charge in [0.2, 0.25) is 5.91 Å². The van der Waals surface area contributed by atoms with Crippen molar-refractivity contribution >= 4 is 28.8 Å². The highest BCUT2D eigenvalue weighted by molar-refractivity contribution is 6.05. The van der Waals surface area contributed by atoms with Crippen LogP contribution in [-0.4, -0.2) is 23.5 Å². The van der Waals surface area contributed by atoms with E-state index in [0.29, 0.717) is 34.7 Å². The smallest absolute Gasteiger partial charge is 0.416 e. The third-order valence-corrected chi connectivity index (χ3v) is 5.14. The summed E-state index contributed by atoms with van der Waals surface area (Å²) in [6.45, 7) is 5.12. The van der Waals surface area contributed by atoms with Crippen molar-refractivity contribution in [2.75, 3.05) is 10.6 Å². The Morgan fingerprint density at radius 2 is 1.94 bits per heavy atom. The van der Waals surface area contributed by atoms with Crippen molar-refractivity contribution in [3.8, 4) is 11.5 Å². The number of benzene rings is 2. The third kappa shape index (κ3) is 4.42. The summed E-state index contributed by atoms with van der Waals surface area (Å²) >= 11 is 0. The molecule has 0 bridgehead atoms. The molecule has 168 valence electrons. The fraction of sp³-hybridized carbons (Fsp3) is 0.304. The Labute approximate surface area is 182 Å². The molecule has 6 nitrogen and oxygen atoms in total. The lowest BCUT2D eigenvalue weighted by molar-refractivity contribution is -0.137. The van der Waals surface area contributed by atoms with Crippen LogP contribution in [0.15, 0.2) is 42.5 Å². The highest BCUT2D eigenvalue weighted by Crippen LogP contribution is 2.43. The van der Waals surface area contributed by atoms with Crippen LogP contribution < -0.4 is 20.1 Å². The van der Waals surface area contributed by atoms with E-state index in [-0.39, 0.29) is 11.7 Å². The molecule has 0 saturated carbocycles.